The highest BCUT2D eigenvalue weighted by Crippen LogP contribution is 2.35. The van der Waals surface area contributed by atoms with Gasteiger partial charge in [0.1, 0.15) is 17.8 Å². The third-order valence-electron chi connectivity index (χ3n) is 6.68. The summed E-state index contributed by atoms with van der Waals surface area (Å²) in [5.41, 5.74) is 4.58. The van der Waals surface area contributed by atoms with Crippen molar-refractivity contribution in [3.63, 3.8) is 0 Å². The summed E-state index contributed by atoms with van der Waals surface area (Å²) in [6, 6.07) is 11.9. The van der Waals surface area contributed by atoms with Crippen LogP contribution < -0.4 is 4.90 Å². The van der Waals surface area contributed by atoms with Gasteiger partial charge in [0.25, 0.3) is 5.91 Å². The van der Waals surface area contributed by atoms with E-state index in [4.69, 9.17) is 9.72 Å². The van der Waals surface area contributed by atoms with E-state index >= 15 is 0 Å². The summed E-state index contributed by atoms with van der Waals surface area (Å²) in [4.78, 5) is 31.9. The van der Waals surface area contributed by atoms with Crippen LogP contribution in [0.2, 0.25) is 0 Å². The van der Waals surface area contributed by atoms with Crippen molar-refractivity contribution in [1.82, 2.24) is 19.7 Å². The maximum Gasteiger partial charge on any atom is 0.309 e. The summed E-state index contributed by atoms with van der Waals surface area (Å²) in [6.07, 6.45) is 6.03. The first-order chi connectivity index (χ1) is 17.0. The van der Waals surface area contributed by atoms with Crippen molar-refractivity contribution in [3.8, 4) is 11.5 Å². The predicted octanol–water partition coefficient (Wildman–Crippen LogP) is 4.83. The molecule has 1 aliphatic heterocycles. The Labute approximate surface area is 204 Å². The van der Waals surface area contributed by atoms with E-state index in [0.29, 0.717) is 42.5 Å². The number of anilines is 1. The molecule has 0 N–H and O–H groups in total. The number of rotatable bonds is 6. The number of ether oxygens (including phenoxy) is 1. The molecule has 0 saturated heterocycles. The Morgan fingerprint density at radius 2 is 2.09 bits per heavy atom. The van der Waals surface area contributed by atoms with Gasteiger partial charge in [0, 0.05) is 11.6 Å². The molecule has 1 aromatic carbocycles. The number of nitrogens with zero attached hydrogens (tertiary/aromatic N) is 5. The highest BCUT2D eigenvalue weighted by atomic mass is 16.5. The van der Waals surface area contributed by atoms with Crippen LogP contribution in [-0.2, 0) is 16.1 Å². The van der Waals surface area contributed by atoms with Crippen LogP contribution in [0.15, 0.2) is 48.8 Å². The summed E-state index contributed by atoms with van der Waals surface area (Å²) in [6.45, 7) is 6.84. The van der Waals surface area contributed by atoms with Crippen molar-refractivity contribution in [2.24, 2.45) is 5.92 Å². The van der Waals surface area contributed by atoms with Gasteiger partial charge in [-0.25, -0.2) is 4.98 Å². The molecule has 1 atom stereocenters. The summed E-state index contributed by atoms with van der Waals surface area (Å²) >= 11 is 0. The number of aromatic nitrogens is 4. The summed E-state index contributed by atoms with van der Waals surface area (Å²) in [7, 11) is 0. The molecular weight excluding hydrogens is 442 g/mol. The van der Waals surface area contributed by atoms with Crippen LogP contribution in [0.25, 0.3) is 17.1 Å². The molecule has 5 rings (SSSR count). The van der Waals surface area contributed by atoms with Crippen LogP contribution in [0, 0.1) is 5.92 Å². The molecule has 3 aromatic rings. The van der Waals surface area contributed by atoms with Crippen LogP contribution in [-0.4, -0.2) is 38.2 Å². The van der Waals surface area contributed by atoms with E-state index in [2.05, 4.69) is 36.2 Å². The van der Waals surface area contributed by atoms with E-state index in [1.807, 2.05) is 41.8 Å². The molecule has 1 unspecified atom stereocenters. The van der Waals surface area contributed by atoms with Gasteiger partial charge >= 0.3 is 5.97 Å². The Bertz CT molecular complexity index is 1310. The fraction of sp³-hybridized carbons (Fsp3) is 0.370. The average molecular weight is 472 g/mol. The number of esters is 1. The van der Waals surface area contributed by atoms with Crippen LogP contribution in [0.5, 0.6) is 0 Å². The maximum atomic E-state index is 13.4. The second-order valence-electron chi connectivity index (χ2n) is 9.25. The largest absolute Gasteiger partial charge is 0.466 e. The zero-order chi connectivity index (χ0) is 24.5. The van der Waals surface area contributed by atoms with Gasteiger partial charge in [-0.3, -0.25) is 14.5 Å². The number of hydrogen-bond donors (Lipinski definition) is 0. The zero-order valence-corrected chi connectivity index (χ0v) is 20.3. The van der Waals surface area contributed by atoms with Gasteiger partial charge in [-0.2, -0.15) is 0 Å². The van der Waals surface area contributed by atoms with Crippen molar-refractivity contribution in [3.05, 3.63) is 65.5 Å². The highest BCUT2D eigenvalue weighted by Gasteiger charge is 2.31. The molecule has 2 aliphatic rings. The summed E-state index contributed by atoms with van der Waals surface area (Å²) in [5.74, 6) is 1.02. The molecule has 0 radical (unpaired) electrons. The second kappa shape index (κ2) is 9.44. The van der Waals surface area contributed by atoms with Gasteiger partial charge in [0.15, 0.2) is 5.82 Å². The van der Waals surface area contributed by atoms with E-state index in [1.54, 1.807) is 11.2 Å². The second-order valence-corrected chi connectivity index (χ2v) is 9.25. The van der Waals surface area contributed by atoms with E-state index in [1.165, 1.54) is 5.57 Å². The van der Waals surface area contributed by atoms with Crippen LogP contribution in [0.3, 0.4) is 0 Å². The minimum Gasteiger partial charge on any atom is -0.466 e. The van der Waals surface area contributed by atoms with E-state index in [-0.39, 0.29) is 23.8 Å². The molecule has 0 saturated carbocycles. The minimum absolute atomic E-state index is 0.0577. The first kappa shape index (κ1) is 23.0. The fourth-order valence-corrected chi connectivity index (χ4v) is 4.76. The van der Waals surface area contributed by atoms with E-state index < -0.39 is 0 Å². The van der Waals surface area contributed by atoms with E-state index in [0.717, 1.165) is 24.0 Å². The molecule has 0 bridgehead atoms. The third kappa shape index (κ3) is 4.36. The van der Waals surface area contributed by atoms with E-state index in [9.17, 15) is 9.59 Å². The topological polar surface area (TPSA) is 90.2 Å². The van der Waals surface area contributed by atoms with Crippen molar-refractivity contribution in [2.75, 3.05) is 11.5 Å². The standard InChI is InChI=1S/C27H29N5O3/c1-4-35-27(34)19-10-8-18(9-11-19)20-12-13-21-15-31(26(33)22(21)14-20)24-7-5-6-23(29-24)25-30-28-16-32(25)17(2)3/h5-8,12-14,16-17,19H,4,9-11,15H2,1-3H3. The molecule has 0 spiro atoms. The van der Waals surface area contributed by atoms with Gasteiger partial charge < -0.3 is 9.30 Å². The number of carbonyl (C=O) groups excluding carboxylic acids is 2. The minimum atomic E-state index is -0.121. The van der Waals surface area contributed by atoms with Gasteiger partial charge in [0.2, 0.25) is 0 Å². The SMILES string of the molecule is CCOC(=O)C1CC=C(c2ccc3c(c2)C(=O)N(c2cccc(-c4nncn4C(C)C)n2)C3)CC1. The third-order valence-corrected chi connectivity index (χ3v) is 6.68. The van der Waals surface area contributed by atoms with Crippen molar-refractivity contribution < 1.29 is 14.3 Å². The van der Waals surface area contributed by atoms with Gasteiger partial charge in [-0.15, -0.1) is 10.2 Å². The van der Waals surface area contributed by atoms with Crippen LogP contribution in [0.1, 0.15) is 67.6 Å². The normalized spacial score (nSPS) is 17.5. The molecule has 0 fully saturated rings. The number of pyridine rings is 1. The molecule has 1 aliphatic carbocycles. The lowest BCUT2D eigenvalue weighted by atomic mass is 9.86. The molecule has 8 heteroatoms. The Morgan fingerprint density at radius 3 is 2.83 bits per heavy atom. The van der Waals surface area contributed by atoms with Crippen LogP contribution in [0.4, 0.5) is 5.82 Å². The number of carbonyl (C=O) groups is 2. The smallest absolute Gasteiger partial charge is 0.309 e. The number of amides is 1. The van der Waals surface area contributed by atoms with Crippen molar-refractivity contribution >= 4 is 23.3 Å². The number of hydrogen-bond acceptors (Lipinski definition) is 6. The van der Waals surface area contributed by atoms with Crippen molar-refractivity contribution in [2.45, 2.75) is 52.6 Å². The van der Waals surface area contributed by atoms with Gasteiger partial charge in [-0.05, 0) is 74.9 Å². The Balaban J connectivity index is 1.37. The number of benzene rings is 1. The van der Waals surface area contributed by atoms with Crippen molar-refractivity contribution in [1.29, 1.82) is 0 Å². The number of allylic oxidation sites excluding steroid dienone is 2. The Kier molecular flexibility index (Phi) is 6.19. The van der Waals surface area contributed by atoms with Crippen LogP contribution >= 0.6 is 0 Å². The van der Waals surface area contributed by atoms with Gasteiger partial charge in [-0.1, -0.05) is 24.3 Å². The highest BCUT2D eigenvalue weighted by molar-refractivity contribution is 6.10. The lowest BCUT2D eigenvalue weighted by Gasteiger charge is -2.21. The first-order valence-corrected chi connectivity index (χ1v) is 12.1. The zero-order valence-electron chi connectivity index (χ0n) is 20.3. The monoisotopic (exact) mass is 471 g/mol. The molecule has 35 heavy (non-hydrogen) atoms. The molecule has 1 amide bonds. The molecule has 8 nitrogen and oxygen atoms in total. The quantitative estimate of drug-likeness (QED) is 0.479. The van der Waals surface area contributed by atoms with Gasteiger partial charge in [0.05, 0.1) is 19.1 Å². The predicted molar refractivity (Wildman–Crippen MR) is 133 cm³/mol. The Morgan fingerprint density at radius 1 is 1.23 bits per heavy atom. The first-order valence-electron chi connectivity index (χ1n) is 12.1. The summed E-state index contributed by atoms with van der Waals surface area (Å²) < 4.78 is 7.13. The molecule has 2 aromatic heterocycles. The molecule has 180 valence electrons. The number of fused-ring (bicyclic) bond motifs is 1. The lowest BCUT2D eigenvalue weighted by Crippen LogP contribution is -2.24. The molecule has 3 heterocycles. The fourth-order valence-electron chi connectivity index (χ4n) is 4.76. The summed E-state index contributed by atoms with van der Waals surface area (Å²) in [5, 5.41) is 8.27. The average Bonchev–Trinajstić information content (AvgIpc) is 3.50. The Hall–Kier alpha value is -3.81. The molecular formula is C27H29N5O3. The lowest BCUT2D eigenvalue weighted by molar-refractivity contribution is -0.148. The maximum absolute atomic E-state index is 13.4.